The predicted octanol–water partition coefficient (Wildman–Crippen LogP) is 13.9. The maximum atomic E-state index is 13.5. The largest absolute Gasteiger partial charge is 0.394 e. The first kappa shape index (κ1) is 92.2. The van der Waals surface area contributed by atoms with Crippen molar-refractivity contribution >= 4 is 5.91 Å². The van der Waals surface area contributed by atoms with Gasteiger partial charge in [-0.3, -0.25) is 4.79 Å². The summed E-state index contributed by atoms with van der Waals surface area (Å²) in [7, 11) is 0. The van der Waals surface area contributed by atoms with Crippen molar-refractivity contribution in [3.05, 3.63) is 36.5 Å². The second-order valence-corrected chi connectivity index (χ2v) is 29.6. The molecule has 19 nitrogen and oxygen atoms in total. The summed E-state index contributed by atoms with van der Waals surface area (Å²) in [5.41, 5.74) is 0. The van der Waals surface area contributed by atoms with Crippen molar-refractivity contribution < 1.29 is 89.4 Å². The molecule has 0 aliphatic carbocycles. The summed E-state index contributed by atoms with van der Waals surface area (Å²) in [6.45, 7) is 1.77. The summed E-state index contributed by atoms with van der Waals surface area (Å²) in [5.74, 6) is -0.282. The fraction of sp³-hybridized carbons (Fsp3) is 0.914. The van der Waals surface area contributed by atoms with Crippen LogP contribution >= 0.6 is 0 Å². The number of allylic oxidation sites excluding steroid dienone is 5. The van der Waals surface area contributed by atoms with E-state index in [0.717, 1.165) is 44.9 Å². The first-order chi connectivity index (χ1) is 48.8. The molecule has 0 aromatic rings. The van der Waals surface area contributed by atoms with Crippen molar-refractivity contribution in [3.63, 3.8) is 0 Å². The number of nitrogens with one attached hydrogen (secondary N) is 1. The molecule has 19 heteroatoms. The molecule has 0 bridgehead atoms. The lowest BCUT2D eigenvalue weighted by Crippen LogP contribution is -2.66. The highest BCUT2D eigenvalue weighted by atomic mass is 16.8. The molecular weight excluding hydrogens is 1270 g/mol. The molecule has 3 aliphatic rings. The number of carbonyl (C=O) groups excluding carboxylic acids is 1. The molecule has 3 saturated heterocycles. The monoisotopic (exact) mass is 1430 g/mol. The van der Waals surface area contributed by atoms with Crippen LogP contribution in [0.1, 0.15) is 341 Å². The van der Waals surface area contributed by atoms with Crippen LogP contribution in [-0.4, -0.2) is 193 Å². The van der Waals surface area contributed by atoms with E-state index in [-0.39, 0.29) is 18.9 Å². The summed E-state index contributed by atoms with van der Waals surface area (Å²) in [4.78, 5) is 13.5. The lowest BCUT2D eigenvalue weighted by atomic mass is 9.96. The third-order valence-corrected chi connectivity index (χ3v) is 20.7. The summed E-state index contributed by atoms with van der Waals surface area (Å²) >= 11 is 0. The standard InChI is InChI=1S/C81H151NO18/c1-3-5-7-9-11-13-15-17-19-21-23-25-27-29-30-31-32-33-35-37-39-41-43-45-47-49-51-53-55-57-59-69(87)82-64(65(86)58-56-54-52-50-48-46-44-42-40-38-36-34-28-26-24-22-20-18-16-14-12-10-8-6-4-2)63-95-79-75(93)72(90)77(67(61-84)97-79)100-81-76(94)73(91)78(68(62-85)98-81)99-80-74(92)71(89)70(88)66(60-83)96-80/h40,42,48,50,56,58,64-68,70-81,83-86,88-94H,3-39,41,43-47,49,51-55,57,59-63H2,1-2H3,(H,82,87)/b42-40+,50-48+,58-56+. The van der Waals surface area contributed by atoms with Gasteiger partial charge in [0.15, 0.2) is 18.9 Å². The number of hydrogen-bond acceptors (Lipinski definition) is 18. The molecule has 0 aromatic carbocycles. The average Bonchev–Trinajstić information content (AvgIpc) is 0.781. The molecule has 3 rings (SSSR count). The highest BCUT2D eigenvalue weighted by molar-refractivity contribution is 5.76. The average molecular weight is 1430 g/mol. The molecular formula is C81H151NO18. The van der Waals surface area contributed by atoms with Gasteiger partial charge >= 0.3 is 0 Å². The lowest BCUT2D eigenvalue weighted by molar-refractivity contribution is -0.379. The SMILES string of the molecule is CCCCCCCCCCCCCCCCC/C=C/CC/C=C/CC/C=C/C(O)C(COC1OC(CO)C(OC2OC(CO)C(OC3OC(CO)C(O)C(O)C3O)C(O)C2O)C(O)C1O)NC(=O)CCCCCCCCCCCCCCCCCCCCCCCCCCCCCCCC. The molecule has 3 heterocycles. The first-order valence-electron chi connectivity index (χ1n) is 41.2. The maximum Gasteiger partial charge on any atom is 0.220 e. The van der Waals surface area contributed by atoms with E-state index in [1.807, 2.05) is 6.08 Å². The third kappa shape index (κ3) is 41.8. The van der Waals surface area contributed by atoms with E-state index in [9.17, 15) is 61.0 Å². The third-order valence-electron chi connectivity index (χ3n) is 20.7. The Morgan fingerprint density at radius 1 is 0.350 bits per heavy atom. The van der Waals surface area contributed by atoms with Gasteiger partial charge in [-0.15, -0.1) is 0 Å². The summed E-state index contributed by atoms with van der Waals surface area (Å²) in [5, 5.41) is 121. The zero-order valence-corrected chi connectivity index (χ0v) is 62.9. The highest BCUT2D eigenvalue weighted by Gasteiger charge is 2.54. The normalized spacial score (nSPS) is 26.6. The van der Waals surface area contributed by atoms with Crippen LogP contribution in [0.2, 0.25) is 0 Å². The van der Waals surface area contributed by atoms with E-state index in [1.165, 1.54) is 263 Å². The van der Waals surface area contributed by atoms with Crippen LogP contribution in [0.25, 0.3) is 0 Å². The van der Waals surface area contributed by atoms with Crippen molar-refractivity contribution in [2.24, 2.45) is 0 Å². The quantitative estimate of drug-likeness (QED) is 0.0199. The predicted molar refractivity (Wildman–Crippen MR) is 397 cm³/mol. The number of aliphatic hydroxyl groups is 11. The zero-order chi connectivity index (χ0) is 72.5. The minimum Gasteiger partial charge on any atom is -0.394 e. The van der Waals surface area contributed by atoms with Crippen molar-refractivity contribution in [1.82, 2.24) is 5.32 Å². The van der Waals surface area contributed by atoms with E-state index in [0.29, 0.717) is 12.8 Å². The van der Waals surface area contributed by atoms with Gasteiger partial charge in [-0.25, -0.2) is 0 Å². The van der Waals surface area contributed by atoms with Gasteiger partial charge in [-0.1, -0.05) is 326 Å². The molecule has 0 saturated carbocycles. The van der Waals surface area contributed by atoms with E-state index in [4.69, 9.17) is 28.4 Å². The summed E-state index contributed by atoms with van der Waals surface area (Å²) < 4.78 is 34.4. The fourth-order valence-electron chi connectivity index (χ4n) is 14.1. The minimum absolute atomic E-state index is 0.236. The second-order valence-electron chi connectivity index (χ2n) is 29.6. The number of rotatable bonds is 66. The zero-order valence-electron chi connectivity index (χ0n) is 62.9. The van der Waals surface area contributed by atoms with Gasteiger partial charge in [0.2, 0.25) is 5.91 Å². The van der Waals surface area contributed by atoms with Crippen molar-refractivity contribution in [3.8, 4) is 0 Å². The van der Waals surface area contributed by atoms with Crippen LogP contribution in [0, 0.1) is 0 Å². The van der Waals surface area contributed by atoms with Gasteiger partial charge in [0.05, 0.1) is 38.6 Å². The minimum atomic E-state index is -1.98. The van der Waals surface area contributed by atoms with Gasteiger partial charge in [-0.2, -0.15) is 0 Å². The Morgan fingerprint density at radius 2 is 0.640 bits per heavy atom. The lowest BCUT2D eigenvalue weighted by Gasteiger charge is -2.48. The number of carbonyl (C=O) groups is 1. The molecule has 17 atom stereocenters. The number of hydrogen-bond donors (Lipinski definition) is 12. The number of amides is 1. The Kier molecular flexibility index (Phi) is 57.3. The molecule has 12 N–H and O–H groups in total. The van der Waals surface area contributed by atoms with Crippen LogP contribution in [0.5, 0.6) is 0 Å². The smallest absolute Gasteiger partial charge is 0.220 e. The molecule has 588 valence electrons. The van der Waals surface area contributed by atoms with Crippen molar-refractivity contribution in [1.29, 1.82) is 0 Å². The molecule has 3 aliphatic heterocycles. The number of aliphatic hydroxyl groups excluding tert-OH is 11. The Labute approximate surface area is 606 Å². The molecule has 1 amide bonds. The topological polar surface area (TPSA) is 307 Å². The fourth-order valence-corrected chi connectivity index (χ4v) is 14.1. The van der Waals surface area contributed by atoms with Gasteiger partial charge < -0.3 is 89.9 Å². The van der Waals surface area contributed by atoms with Crippen molar-refractivity contribution in [2.75, 3.05) is 26.4 Å². The highest BCUT2D eigenvalue weighted by Crippen LogP contribution is 2.33. The first-order valence-corrected chi connectivity index (χ1v) is 41.2. The number of ether oxygens (including phenoxy) is 6. The Morgan fingerprint density at radius 3 is 1.00 bits per heavy atom. The van der Waals surface area contributed by atoms with Crippen LogP contribution in [0.4, 0.5) is 0 Å². The van der Waals surface area contributed by atoms with E-state index >= 15 is 0 Å². The summed E-state index contributed by atoms with van der Waals surface area (Å²) in [6.07, 6.45) is 50.0. The Balaban J connectivity index is 1.38. The molecule has 3 fully saturated rings. The molecule has 0 aromatic heterocycles. The molecule has 100 heavy (non-hydrogen) atoms. The molecule has 0 radical (unpaired) electrons. The maximum absolute atomic E-state index is 13.5. The van der Waals surface area contributed by atoms with E-state index in [1.54, 1.807) is 6.08 Å². The van der Waals surface area contributed by atoms with Gasteiger partial charge in [0.25, 0.3) is 0 Å². The molecule has 0 spiro atoms. The Bertz CT molecular complexity index is 1950. The van der Waals surface area contributed by atoms with Crippen LogP contribution < -0.4 is 5.32 Å². The Hall–Kier alpha value is -1.99. The van der Waals surface area contributed by atoms with E-state index in [2.05, 4.69) is 43.5 Å². The van der Waals surface area contributed by atoms with Crippen LogP contribution in [-0.2, 0) is 33.2 Å². The van der Waals surface area contributed by atoms with Gasteiger partial charge in [0.1, 0.15) is 73.2 Å². The van der Waals surface area contributed by atoms with Crippen molar-refractivity contribution in [2.45, 2.75) is 446 Å². The second kappa shape index (κ2) is 62.1. The van der Waals surface area contributed by atoms with E-state index < -0.39 is 124 Å². The van der Waals surface area contributed by atoms with Crippen LogP contribution in [0.15, 0.2) is 36.5 Å². The van der Waals surface area contributed by atoms with Gasteiger partial charge in [-0.05, 0) is 44.9 Å². The van der Waals surface area contributed by atoms with Crippen LogP contribution in [0.3, 0.4) is 0 Å². The molecule has 17 unspecified atom stereocenters. The number of unbranched alkanes of at least 4 members (excludes halogenated alkanes) is 46. The summed E-state index contributed by atoms with van der Waals surface area (Å²) in [6, 6.07) is -0.996. The van der Waals surface area contributed by atoms with Gasteiger partial charge in [0, 0.05) is 6.42 Å².